The van der Waals surface area contributed by atoms with Crippen molar-refractivity contribution in [2.45, 2.75) is 19.3 Å². The lowest BCUT2D eigenvalue weighted by Crippen LogP contribution is -2.26. The van der Waals surface area contributed by atoms with Gasteiger partial charge in [-0.2, -0.15) is 0 Å². The maximum Gasteiger partial charge on any atom is 0.407 e. The summed E-state index contributed by atoms with van der Waals surface area (Å²) in [5.41, 5.74) is 3.66. The summed E-state index contributed by atoms with van der Waals surface area (Å²) in [6.07, 6.45) is 5.57. The fourth-order valence-corrected chi connectivity index (χ4v) is 3.53. The van der Waals surface area contributed by atoms with Crippen molar-refractivity contribution >= 4 is 22.9 Å². The van der Waals surface area contributed by atoms with E-state index in [9.17, 15) is 9.90 Å². The van der Waals surface area contributed by atoms with Crippen molar-refractivity contribution in [3.05, 3.63) is 30.4 Å². The number of fused-ring (bicyclic) bond motifs is 3. The van der Waals surface area contributed by atoms with Gasteiger partial charge in [-0.15, -0.1) is 0 Å². The minimum Gasteiger partial charge on any atom is -0.465 e. The number of carboxylic acid groups (broad SMARTS) is 1. The van der Waals surface area contributed by atoms with Crippen molar-refractivity contribution in [1.82, 2.24) is 24.3 Å². The minimum atomic E-state index is -0.844. The summed E-state index contributed by atoms with van der Waals surface area (Å²) < 4.78 is 2.09. The highest BCUT2D eigenvalue weighted by molar-refractivity contribution is 5.74. The van der Waals surface area contributed by atoms with E-state index >= 15 is 0 Å². The van der Waals surface area contributed by atoms with Crippen molar-refractivity contribution < 1.29 is 9.90 Å². The van der Waals surface area contributed by atoms with E-state index in [1.165, 1.54) is 4.90 Å². The Balaban J connectivity index is 1.86. The predicted octanol–water partition coefficient (Wildman–Crippen LogP) is 2.31. The summed E-state index contributed by atoms with van der Waals surface area (Å²) >= 11 is 0. The van der Waals surface area contributed by atoms with Gasteiger partial charge in [0.2, 0.25) is 0 Å². The van der Waals surface area contributed by atoms with Gasteiger partial charge in [-0.05, 0) is 12.0 Å². The highest BCUT2D eigenvalue weighted by Gasteiger charge is 2.36. The maximum absolute atomic E-state index is 11.3. The van der Waals surface area contributed by atoms with Crippen LogP contribution in [0.4, 0.5) is 4.79 Å². The third-order valence-corrected chi connectivity index (χ3v) is 4.69. The Hall–Kier alpha value is -2.57. The molecule has 0 aliphatic carbocycles. The Bertz CT molecular complexity index is 852. The van der Waals surface area contributed by atoms with Gasteiger partial charge in [0.1, 0.15) is 0 Å². The third-order valence-electron chi connectivity index (χ3n) is 4.69. The molecule has 0 unspecified atom stereocenters. The van der Waals surface area contributed by atoms with E-state index in [1.807, 2.05) is 18.5 Å². The zero-order valence-electron chi connectivity index (χ0n) is 12.2. The van der Waals surface area contributed by atoms with Gasteiger partial charge in [-0.3, -0.25) is 4.40 Å². The lowest BCUT2D eigenvalue weighted by Gasteiger charge is -2.16. The van der Waals surface area contributed by atoms with Crippen LogP contribution in [0.25, 0.3) is 16.8 Å². The molecule has 4 rings (SSSR count). The third kappa shape index (κ3) is 1.78. The number of hydrogen-bond acceptors (Lipinski definition) is 3. The Kier molecular flexibility index (Phi) is 2.82. The number of rotatable bonds is 2. The van der Waals surface area contributed by atoms with Gasteiger partial charge in [-0.1, -0.05) is 13.3 Å². The molecule has 7 heteroatoms. The van der Waals surface area contributed by atoms with Crippen LogP contribution in [0.5, 0.6) is 0 Å². The molecule has 1 fully saturated rings. The summed E-state index contributed by atoms with van der Waals surface area (Å²) in [5, 5.41) is 9.28. The van der Waals surface area contributed by atoms with Gasteiger partial charge < -0.3 is 15.0 Å². The molecule has 2 atom stereocenters. The zero-order valence-corrected chi connectivity index (χ0v) is 12.2. The highest BCUT2D eigenvalue weighted by Crippen LogP contribution is 2.35. The molecule has 2 N–H and O–H groups in total. The van der Waals surface area contributed by atoms with Crippen LogP contribution < -0.4 is 0 Å². The molecule has 0 saturated carbocycles. The average Bonchev–Trinajstić information content (AvgIpc) is 3.22. The second-order valence-electron chi connectivity index (χ2n) is 5.81. The molecule has 0 spiro atoms. The lowest BCUT2D eigenvalue weighted by molar-refractivity contribution is 0.153. The van der Waals surface area contributed by atoms with Crippen LogP contribution in [0.3, 0.4) is 0 Å². The van der Waals surface area contributed by atoms with Crippen molar-refractivity contribution in [2.75, 3.05) is 13.1 Å². The molecule has 1 saturated heterocycles. The normalized spacial score (nSPS) is 22.0. The summed E-state index contributed by atoms with van der Waals surface area (Å²) in [5.74, 6) is 0.481. The van der Waals surface area contributed by atoms with E-state index < -0.39 is 6.09 Å². The lowest BCUT2D eigenvalue weighted by atomic mass is 9.91. The standard InChI is InChI=1S/C15H17N5O2/c1-2-9-7-19(15(21)22)8-10(9)12-5-17-13-6-18-14-11(20(12)13)3-4-16-14/h3-6,9-10,16H,2,7-8H2,1H3,(H,21,22)/t9-,10+/m0/s1. The highest BCUT2D eigenvalue weighted by atomic mass is 16.4. The van der Waals surface area contributed by atoms with Crippen LogP contribution in [0, 0.1) is 5.92 Å². The number of carbonyl (C=O) groups is 1. The molecule has 1 amide bonds. The summed E-state index contributed by atoms with van der Waals surface area (Å²) in [4.78, 5) is 24.7. The number of aromatic nitrogens is 4. The molecule has 0 radical (unpaired) electrons. The fourth-order valence-electron chi connectivity index (χ4n) is 3.53. The fraction of sp³-hybridized carbons (Fsp3) is 0.400. The molecule has 0 aromatic carbocycles. The summed E-state index contributed by atoms with van der Waals surface area (Å²) in [7, 11) is 0. The number of imidazole rings is 1. The molecule has 1 aliphatic heterocycles. The van der Waals surface area contributed by atoms with Gasteiger partial charge >= 0.3 is 6.09 Å². The van der Waals surface area contributed by atoms with Crippen molar-refractivity contribution in [3.8, 4) is 0 Å². The SMILES string of the molecule is CC[C@H]1CN(C(=O)O)C[C@H]1c1cnc2cnc3[nH]ccc3n12. The molecule has 3 aromatic rings. The number of amides is 1. The number of aromatic amines is 1. The van der Waals surface area contributed by atoms with Crippen molar-refractivity contribution in [1.29, 1.82) is 0 Å². The summed E-state index contributed by atoms with van der Waals surface area (Å²) in [6, 6.07) is 1.98. The Morgan fingerprint density at radius 1 is 1.41 bits per heavy atom. The van der Waals surface area contributed by atoms with Crippen molar-refractivity contribution in [2.24, 2.45) is 5.92 Å². The number of hydrogen-bond donors (Lipinski definition) is 2. The van der Waals surface area contributed by atoms with E-state index in [2.05, 4.69) is 26.3 Å². The smallest absolute Gasteiger partial charge is 0.407 e. The van der Waals surface area contributed by atoms with Crippen LogP contribution in [0.15, 0.2) is 24.7 Å². The first kappa shape index (κ1) is 13.1. The average molecular weight is 299 g/mol. The first-order chi connectivity index (χ1) is 10.7. The second-order valence-corrected chi connectivity index (χ2v) is 5.81. The molecule has 114 valence electrons. The van der Waals surface area contributed by atoms with Gasteiger partial charge in [-0.25, -0.2) is 14.8 Å². The zero-order chi connectivity index (χ0) is 15.3. The first-order valence-corrected chi connectivity index (χ1v) is 7.46. The topological polar surface area (TPSA) is 86.5 Å². The Morgan fingerprint density at radius 3 is 3.05 bits per heavy atom. The van der Waals surface area contributed by atoms with E-state index in [4.69, 9.17) is 0 Å². The summed E-state index contributed by atoms with van der Waals surface area (Å²) in [6.45, 7) is 3.22. The molecule has 3 aromatic heterocycles. The molecule has 0 bridgehead atoms. The van der Waals surface area contributed by atoms with Crippen LogP contribution >= 0.6 is 0 Å². The van der Waals surface area contributed by atoms with Gasteiger partial charge in [0.15, 0.2) is 11.3 Å². The number of nitrogens with zero attached hydrogens (tertiary/aromatic N) is 4. The molecular weight excluding hydrogens is 282 g/mol. The van der Waals surface area contributed by atoms with E-state index in [-0.39, 0.29) is 5.92 Å². The van der Waals surface area contributed by atoms with E-state index in [1.54, 1.807) is 6.20 Å². The number of likely N-dealkylation sites (tertiary alicyclic amines) is 1. The minimum absolute atomic E-state index is 0.164. The van der Waals surface area contributed by atoms with Gasteiger partial charge in [0, 0.05) is 37.1 Å². The van der Waals surface area contributed by atoms with Crippen LogP contribution in [-0.4, -0.2) is 48.5 Å². The number of H-pyrrole nitrogens is 1. The molecule has 4 heterocycles. The quantitative estimate of drug-likeness (QED) is 0.760. The largest absolute Gasteiger partial charge is 0.465 e. The maximum atomic E-state index is 11.3. The van der Waals surface area contributed by atoms with Crippen LogP contribution in [0.1, 0.15) is 25.0 Å². The van der Waals surface area contributed by atoms with Crippen LogP contribution in [0.2, 0.25) is 0 Å². The molecular formula is C15H17N5O2. The predicted molar refractivity (Wildman–Crippen MR) is 81.0 cm³/mol. The van der Waals surface area contributed by atoms with Gasteiger partial charge in [0.05, 0.1) is 11.7 Å². The molecule has 1 aliphatic rings. The van der Waals surface area contributed by atoms with E-state index in [0.717, 1.165) is 28.9 Å². The first-order valence-electron chi connectivity index (χ1n) is 7.46. The Morgan fingerprint density at radius 2 is 2.27 bits per heavy atom. The monoisotopic (exact) mass is 299 g/mol. The Labute approximate surface area is 126 Å². The number of nitrogens with one attached hydrogen (secondary N) is 1. The van der Waals surface area contributed by atoms with Crippen LogP contribution in [-0.2, 0) is 0 Å². The molecule has 7 nitrogen and oxygen atoms in total. The van der Waals surface area contributed by atoms with Gasteiger partial charge in [0.25, 0.3) is 0 Å². The second kappa shape index (κ2) is 4.72. The van der Waals surface area contributed by atoms with E-state index in [0.29, 0.717) is 19.0 Å². The molecule has 22 heavy (non-hydrogen) atoms. The van der Waals surface area contributed by atoms with Crippen molar-refractivity contribution in [3.63, 3.8) is 0 Å².